The fourth-order valence-electron chi connectivity index (χ4n) is 2.33. The molecule has 3 rings (SSSR count). The summed E-state index contributed by atoms with van der Waals surface area (Å²) in [6.07, 6.45) is 1.47. The second kappa shape index (κ2) is 6.41. The molecule has 6 heteroatoms. The predicted octanol–water partition coefficient (Wildman–Crippen LogP) is 3.42. The molecule has 1 saturated heterocycles. The second-order valence-electron chi connectivity index (χ2n) is 5.31. The quantitative estimate of drug-likeness (QED) is 0.637. The normalized spacial score (nSPS) is 16.5. The number of nitrogens with zero attached hydrogens (tertiary/aromatic N) is 1. The zero-order valence-corrected chi connectivity index (χ0v) is 14.3. The number of amides is 4. The second-order valence-corrected chi connectivity index (χ2v) is 6.17. The third kappa shape index (κ3) is 3.00. The van der Waals surface area contributed by atoms with Crippen LogP contribution in [0.25, 0.3) is 6.08 Å². The van der Waals surface area contributed by atoms with Gasteiger partial charge in [-0.05, 0) is 36.8 Å². The summed E-state index contributed by atoms with van der Waals surface area (Å²) in [4.78, 5) is 37.9. The maximum atomic E-state index is 12.7. The smallest absolute Gasteiger partial charge is 0.273 e. The van der Waals surface area contributed by atoms with Crippen molar-refractivity contribution in [3.63, 3.8) is 0 Å². The molecule has 24 heavy (non-hydrogen) atoms. The first-order chi connectivity index (χ1) is 11.5. The number of nitrogens with one attached hydrogen (secondary N) is 1. The third-order valence-corrected chi connectivity index (χ3v) is 4.32. The number of aryl methyl sites for hydroxylation is 1. The predicted molar refractivity (Wildman–Crippen MR) is 94.3 cm³/mol. The van der Waals surface area contributed by atoms with Gasteiger partial charge in [0.15, 0.2) is 0 Å². The minimum atomic E-state index is -0.752. The number of halogens is 1. The molecular weight excluding hydrogens is 372 g/mol. The van der Waals surface area contributed by atoms with Gasteiger partial charge in [-0.3, -0.25) is 14.9 Å². The van der Waals surface area contributed by atoms with Gasteiger partial charge in [-0.15, -0.1) is 0 Å². The molecule has 0 radical (unpaired) electrons. The third-order valence-electron chi connectivity index (χ3n) is 3.60. The Kier molecular flexibility index (Phi) is 4.31. The molecule has 0 aliphatic carbocycles. The Hall–Kier alpha value is -2.73. The van der Waals surface area contributed by atoms with Crippen molar-refractivity contribution in [1.29, 1.82) is 0 Å². The number of carbonyl (C=O) groups excluding carboxylic acids is 3. The minimum absolute atomic E-state index is 0.0953. The number of hydrogen-bond donors (Lipinski definition) is 1. The Bertz CT molecular complexity index is 872. The van der Waals surface area contributed by atoms with E-state index >= 15 is 0 Å². The summed E-state index contributed by atoms with van der Waals surface area (Å²) in [6, 6.07) is 13.4. The van der Waals surface area contributed by atoms with Crippen LogP contribution in [0, 0.1) is 6.92 Å². The van der Waals surface area contributed by atoms with Gasteiger partial charge in [0, 0.05) is 4.47 Å². The average Bonchev–Trinajstić information content (AvgIpc) is 2.54. The molecular formula is C18H13BrN2O3. The summed E-state index contributed by atoms with van der Waals surface area (Å²) in [5.74, 6) is -1.35. The van der Waals surface area contributed by atoms with Crippen LogP contribution in [-0.2, 0) is 9.59 Å². The van der Waals surface area contributed by atoms with Crippen molar-refractivity contribution in [2.75, 3.05) is 4.90 Å². The van der Waals surface area contributed by atoms with Gasteiger partial charge in [-0.1, -0.05) is 51.8 Å². The molecule has 1 N–H and O–H groups in total. The van der Waals surface area contributed by atoms with Gasteiger partial charge >= 0.3 is 6.03 Å². The molecule has 2 aromatic rings. The highest BCUT2D eigenvalue weighted by atomic mass is 79.9. The zero-order chi connectivity index (χ0) is 17.3. The summed E-state index contributed by atoms with van der Waals surface area (Å²) in [6.45, 7) is 1.91. The van der Waals surface area contributed by atoms with Crippen LogP contribution in [0.3, 0.4) is 0 Å². The number of hydrogen-bond acceptors (Lipinski definition) is 3. The van der Waals surface area contributed by atoms with Crippen molar-refractivity contribution in [2.24, 2.45) is 0 Å². The lowest BCUT2D eigenvalue weighted by Crippen LogP contribution is -2.54. The van der Waals surface area contributed by atoms with Crippen molar-refractivity contribution >= 4 is 45.5 Å². The largest absolute Gasteiger partial charge is 0.335 e. The number of anilines is 1. The summed E-state index contributed by atoms with van der Waals surface area (Å²) < 4.78 is 0.747. The van der Waals surface area contributed by atoms with E-state index in [0.717, 1.165) is 14.9 Å². The van der Waals surface area contributed by atoms with Gasteiger partial charge in [0.05, 0.1) is 5.69 Å². The van der Waals surface area contributed by atoms with Gasteiger partial charge < -0.3 is 0 Å². The molecule has 1 heterocycles. The Labute approximate surface area is 147 Å². The van der Waals surface area contributed by atoms with E-state index in [1.54, 1.807) is 42.5 Å². The number of barbiturate groups is 1. The van der Waals surface area contributed by atoms with Crippen LogP contribution >= 0.6 is 15.9 Å². The first-order valence-corrected chi connectivity index (χ1v) is 7.99. The maximum absolute atomic E-state index is 12.7. The van der Waals surface area contributed by atoms with E-state index in [0.29, 0.717) is 11.3 Å². The van der Waals surface area contributed by atoms with Crippen LogP contribution in [0.5, 0.6) is 0 Å². The zero-order valence-electron chi connectivity index (χ0n) is 12.7. The molecule has 0 bridgehead atoms. The van der Waals surface area contributed by atoms with Gasteiger partial charge in [0.2, 0.25) is 0 Å². The van der Waals surface area contributed by atoms with E-state index in [1.807, 2.05) is 13.0 Å². The summed E-state index contributed by atoms with van der Waals surface area (Å²) in [7, 11) is 0. The average molecular weight is 385 g/mol. The van der Waals surface area contributed by atoms with Crippen molar-refractivity contribution in [2.45, 2.75) is 6.92 Å². The molecule has 1 aliphatic rings. The van der Waals surface area contributed by atoms with Gasteiger partial charge in [0.25, 0.3) is 11.8 Å². The van der Waals surface area contributed by atoms with E-state index in [4.69, 9.17) is 0 Å². The Morgan fingerprint density at radius 1 is 1.00 bits per heavy atom. The standard InChI is InChI=1S/C18H13BrN2O3/c1-11-6-8-13(9-7-11)21-17(23)14(16(22)20-18(21)24)10-12-4-2-3-5-15(12)19/h2-10H,1H3,(H,20,22,24)/b14-10+. The van der Waals surface area contributed by atoms with Crippen LogP contribution in [0.1, 0.15) is 11.1 Å². The lowest BCUT2D eigenvalue weighted by atomic mass is 10.1. The van der Waals surface area contributed by atoms with Gasteiger partial charge in [0.1, 0.15) is 5.57 Å². The Morgan fingerprint density at radius 3 is 2.33 bits per heavy atom. The van der Waals surface area contributed by atoms with Crippen LogP contribution in [0.2, 0.25) is 0 Å². The van der Waals surface area contributed by atoms with Gasteiger partial charge in [-0.25, -0.2) is 9.69 Å². The SMILES string of the molecule is Cc1ccc(N2C(=O)NC(=O)/C(=C\c3ccccc3Br)C2=O)cc1. The molecule has 0 unspecified atom stereocenters. The van der Waals surface area contributed by atoms with Crippen LogP contribution in [0.4, 0.5) is 10.5 Å². The molecule has 0 aromatic heterocycles. The van der Waals surface area contributed by atoms with Crippen molar-refractivity contribution in [3.05, 3.63) is 69.7 Å². The fraction of sp³-hybridized carbons (Fsp3) is 0.0556. The van der Waals surface area contributed by atoms with E-state index in [9.17, 15) is 14.4 Å². The van der Waals surface area contributed by atoms with Crippen molar-refractivity contribution < 1.29 is 14.4 Å². The molecule has 0 saturated carbocycles. The van der Waals surface area contributed by atoms with Crippen LogP contribution in [0.15, 0.2) is 58.6 Å². The highest BCUT2D eigenvalue weighted by Crippen LogP contribution is 2.24. The highest BCUT2D eigenvalue weighted by Gasteiger charge is 2.36. The van der Waals surface area contributed by atoms with Crippen molar-refractivity contribution in [1.82, 2.24) is 5.32 Å². The molecule has 0 atom stereocenters. The number of rotatable bonds is 2. The van der Waals surface area contributed by atoms with E-state index in [2.05, 4.69) is 21.2 Å². The first kappa shape index (κ1) is 16.1. The molecule has 2 aromatic carbocycles. The van der Waals surface area contributed by atoms with E-state index in [-0.39, 0.29) is 5.57 Å². The first-order valence-electron chi connectivity index (χ1n) is 7.20. The minimum Gasteiger partial charge on any atom is -0.273 e. The molecule has 4 amide bonds. The van der Waals surface area contributed by atoms with Crippen molar-refractivity contribution in [3.8, 4) is 0 Å². The lowest BCUT2D eigenvalue weighted by molar-refractivity contribution is -0.122. The number of imide groups is 2. The topological polar surface area (TPSA) is 66.5 Å². The molecule has 1 aliphatic heterocycles. The van der Waals surface area contributed by atoms with Crippen LogP contribution < -0.4 is 10.2 Å². The molecule has 1 fully saturated rings. The number of urea groups is 1. The fourth-order valence-corrected chi connectivity index (χ4v) is 2.73. The molecule has 5 nitrogen and oxygen atoms in total. The van der Waals surface area contributed by atoms with E-state index < -0.39 is 17.8 Å². The highest BCUT2D eigenvalue weighted by molar-refractivity contribution is 9.10. The molecule has 120 valence electrons. The molecule has 0 spiro atoms. The number of benzene rings is 2. The number of carbonyl (C=O) groups is 3. The summed E-state index contributed by atoms with van der Waals surface area (Å²) in [5, 5.41) is 2.21. The summed E-state index contributed by atoms with van der Waals surface area (Å²) in [5.41, 5.74) is 1.99. The van der Waals surface area contributed by atoms with Crippen LogP contribution in [-0.4, -0.2) is 17.8 Å². The summed E-state index contributed by atoms with van der Waals surface area (Å²) >= 11 is 3.37. The maximum Gasteiger partial charge on any atom is 0.335 e. The van der Waals surface area contributed by atoms with Gasteiger partial charge in [-0.2, -0.15) is 0 Å². The monoisotopic (exact) mass is 384 g/mol. The van der Waals surface area contributed by atoms with E-state index in [1.165, 1.54) is 6.08 Å². The Balaban J connectivity index is 2.03. The lowest BCUT2D eigenvalue weighted by Gasteiger charge is -2.26. The Morgan fingerprint density at radius 2 is 1.67 bits per heavy atom.